The van der Waals surface area contributed by atoms with Crippen LogP contribution in [0.2, 0.25) is 5.02 Å². The maximum atomic E-state index is 10.2. The summed E-state index contributed by atoms with van der Waals surface area (Å²) in [7, 11) is 1.65. The fourth-order valence-electron chi connectivity index (χ4n) is 1.98. The Bertz CT molecular complexity index is 569. The minimum Gasteiger partial charge on any atom is -0.497 e. The third-order valence-electron chi connectivity index (χ3n) is 3.19. The zero-order chi connectivity index (χ0) is 14.5. The molecule has 0 saturated heterocycles. The van der Waals surface area contributed by atoms with Crippen molar-refractivity contribution in [3.8, 4) is 5.75 Å². The van der Waals surface area contributed by atoms with E-state index in [4.69, 9.17) is 16.3 Å². The molecule has 2 aromatic carbocycles. The summed E-state index contributed by atoms with van der Waals surface area (Å²) in [4.78, 5) is 0. The molecular formula is C16H16ClIO2. The summed E-state index contributed by atoms with van der Waals surface area (Å²) in [6.07, 6.45) is 0.990. The van der Waals surface area contributed by atoms with Crippen LogP contribution in [0.1, 0.15) is 23.7 Å². The molecule has 0 saturated carbocycles. The van der Waals surface area contributed by atoms with Crippen molar-refractivity contribution in [2.45, 2.75) is 18.9 Å². The van der Waals surface area contributed by atoms with Gasteiger partial charge in [0.05, 0.1) is 18.2 Å². The molecule has 0 aliphatic rings. The molecule has 2 nitrogen and oxygen atoms in total. The number of hydrogen-bond donors (Lipinski definition) is 1. The van der Waals surface area contributed by atoms with E-state index in [-0.39, 0.29) is 0 Å². The average Bonchev–Trinajstić information content (AvgIpc) is 2.48. The second kappa shape index (κ2) is 7.29. The van der Waals surface area contributed by atoms with Crippen LogP contribution >= 0.6 is 34.2 Å². The van der Waals surface area contributed by atoms with Gasteiger partial charge in [-0.25, -0.2) is 0 Å². The van der Waals surface area contributed by atoms with Gasteiger partial charge in [0.15, 0.2) is 0 Å². The van der Waals surface area contributed by atoms with Gasteiger partial charge in [-0.15, -0.1) is 0 Å². The van der Waals surface area contributed by atoms with Crippen molar-refractivity contribution in [3.05, 3.63) is 62.2 Å². The highest BCUT2D eigenvalue weighted by atomic mass is 127. The first-order valence-electron chi connectivity index (χ1n) is 6.36. The lowest BCUT2D eigenvalue weighted by atomic mass is 10.0. The first-order valence-corrected chi connectivity index (χ1v) is 7.82. The molecule has 1 atom stereocenters. The Morgan fingerprint density at radius 2 is 1.90 bits per heavy atom. The van der Waals surface area contributed by atoms with Crippen LogP contribution in [0.5, 0.6) is 5.75 Å². The molecule has 106 valence electrons. The van der Waals surface area contributed by atoms with Crippen molar-refractivity contribution in [1.29, 1.82) is 0 Å². The normalized spacial score (nSPS) is 12.2. The number of rotatable bonds is 5. The van der Waals surface area contributed by atoms with Gasteiger partial charge in [-0.05, 0) is 70.8 Å². The molecule has 2 rings (SSSR count). The van der Waals surface area contributed by atoms with Crippen molar-refractivity contribution >= 4 is 34.2 Å². The lowest BCUT2D eigenvalue weighted by molar-refractivity contribution is 0.168. The Kier molecular flexibility index (Phi) is 5.69. The summed E-state index contributed by atoms with van der Waals surface area (Å²) in [6.45, 7) is 0. The van der Waals surface area contributed by atoms with Crippen LogP contribution in [0.3, 0.4) is 0 Å². The average molecular weight is 403 g/mol. The number of methoxy groups -OCH3 is 1. The van der Waals surface area contributed by atoms with Gasteiger partial charge in [0.2, 0.25) is 0 Å². The van der Waals surface area contributed by atoms with E-state index >= 15 is 0 Å². The van der Waals surface area contributed by atoms with Crippen molar-refractivity contribution in [2.75, 3.05) is 7.11 Å². The molecule has 0 radical (unpaired) electrons. The summed E-state index contributed by atoms with van der Waals surface area (Å²) in [6, 6.07) is 13.6. The number of aryl methyl sites for hydroxylation is 1. The summed E-state index contributed by atoms with van der Waals surface area (Å²) in [5.74, 6) is 0.846. The van der Waals surface area contributed by atoms with Crippen LogP contribution in [0.4, 0.5) is 0 Å². The van der Waals surface area contributed by atoms with Crippen LogP contribution in [0.25, 0.3) is 0 Å². The number of hydrogen-bond acceptors (Lipinski definition) is 2. The van der Waals surface area contributed by atoms with E-state index in [0.29, 0.717) is 11.4 Å². The van der Waals surface area contributed by atoms with Gasteiger partial charge in [0, 0.05) is 3.57 Å². The van der Waals surface area contributed by atoms with Crippen LogP contribution in [-0.2, 0) is 6.42 Å². The second-order valence-electron chi connectivity index (χ2n) is 4.58. The van der Waals surface area contributed by atoms with Crippen molar-refractivity contribution in [1.82, 2.24) is 0 Å². The maximum absolute atomic E-state index is 10.2. The van der Waals surface area contributed by atoms with E-state index in [0.717, 1.165) is 21.3 Å². The smallest absolute Gasteiger partial charge is 0.118 e. The molecule has 0 aromatic heterocycles. The Morgan fingerprint density at radius 1 is 1.20 bits per heavy atom. The van der Waals surface area contributed by atoms with Gasteiger partial charge in [-0.2, -0.15) is 0 Å². The highest BCUT2D eigenvalue weighted by Crippen LogP contribution is 2.26. The number of benzene rings is 2. The fourth-order valence-corrected chi connectivity index (χ4v) is 2.51. The molecule has 0 aliphatic carbocycles. The third-order valence-corrected chi connectivity index (χ3v) is 4.77. The van der Waals surface area contributed by atoms with E-state index in [1.54, 1.807) is 7.11 Å². The Hall–Kier alpha value is -0.780. The minimum absolute atomic E-state index is 0.494. The Balaban J connectivity index is 1.96. The largest absolute Gasteiger partial charge is 0.497 e. The van der Waals surface area contributed by atoms with E-state index in [2.05, 4.69) is 22.6 Å². The molecular weight excluding hydrogens is 387 g/mol. The first-order chi connectivity index (χ1) is 9.60. The Morgan fingerprint density at radius 3 is 2.50 bits per heavy atom. The lowest BCUT2D eigenvalue weighted by Crippen LogP contribution is -2.00. The number of aliphatic hydroxyl groups is 1. The van der Waals surface area contributed by atoms with Crippen LogP contribution in [0.15, 0.2) is 42.5 Å². The van der Waals surface area contributed by atoms with Gasteiger partial charge in [-0.1, -0.05) is 29.8 Å². The zero-order valence-electron chi connectivity index (χ0n) is 11.1. The minimum atomic E-state index is -0.494. The number of ether oxygens (including phenoxy) is 1. The highest BCUT2D eigenvalue weighted by Gasteiger charge is 2.09. The summed E-state index contributed by atoms with van der Waals surface area (Å²) in [5, 5.41) is 10.9. The quantitative estimate of drug-likeness (QED) is 0.740. The van der Waals surface area contributed by atoms with E-state index in [9.17, 15) is 5.11 Å². The van der Waals surface area contributed by atoms with E-state index in [1.165, 1.54) is 5.56 Å². The summed E-state index contributed by atoms with van der Waals surface area (Å²) in [5.41, 5.74) is 2.05. The SMILES string of the molecule is COc1ccc(CCC(O)c2ccc(I)c(Cl)c2)cc1. The first kappa shape index (κ1) is 15.6. The van der Waals surface area contributed by atoms with Crippen molar-refractivity contribution < 1.29 is 9.84 Å². The van der Waals surface area contributed by atoms with Gasteiger partial charge in [-0.3, -0.25) is 0 Å². The molecule has 0 aliphatic heterocycles. The molecule has 0 amide bonds. The highest BCUT2D eigenvalue weighted by molar-refractivity contribution is 14.1. The second-order valence-corrected chi connectivity index (χ2v) is 6.15. The predicted molar refractivity (Wildman–Crippen MR) is 90.4 cm³/mol. The molecule has 1 N–H and O–H groups in total. The standard InChI is InChI=1S/C16H16ClIO2/c1-20-13-6-2-11(3-7-13)4-9-16(19)12-5-8-15(18)14(17)10-12/h2-3,5-8,10,16,19H,4,9H2,1H3. The predicted octanol–water partition coefficient (Wildman–Crippen LogP) is 4.62. The molecule has 4 heteroatoms. The monoisotopic (exact) mass is 402 g/mol. The zero-order valence-corrected chi connectivity index (χ0v) is 14.1. The van der Waals surface area contributed by atoms with Crippen LogP contribution in [0, 0.1) is 3.57 Å². The van der Waals surface area contributed by atoms with Crippen LogP contribution < -0.4 is 4.74 Å². The number of halogens is 2. The Labute approximate surface area is 137 Å². The third kappa shape index (κ3) is 4.11. The molecule has 2 aromatic rings. The van der Waals surface area contributed by atoms with Gasteiger partial charge < -0.3 is 9.84 Å². The molecule has 0 spiro atoms. The fraction of sp³-hybridized carbons (Fsp3) is 0.250. The summed E-state index contributed by atoms with van der Waals surface area (Å²) >= 11 is 8.25. The van der Waals surface area contributed by atoms with Gasteiger partial charge in [0.25, 0.3) is 0 Å². The molecule has 0 bridgehead atoms. The molecule has 1 unspecified atom stereocenters. The van der Waals surface area contributed by atoms with Crippen molar-refractivity contribution in [3.63, 3.8) is 0 Å². The molecule has 0 fully saturated rings. The maximum Gasteiger partial charge on any atom is 0.118 e. The molecule has 20 heavy (non-hydrogen) atoms. The van der Waals surface area contributed by atoms with Gasteiger partial charge >= 0.3 is 0 Å². The topological polar surface area (TPSA) is 29.5 Å². The van der Waals surface area contributed by atoms with Gasteiger partial charge in [0.1, 0.15) is 5.75 Å². The van der Waals surface area contributed by atoms with E-state index < -0.39 is 6.10 Å². The van der Waals surface area contributed by atoms with E-state index in [1.807, 2.05) is 42.5 Å². The summed E-state index contributed by atoms with van der Waals surface area (Å²) < 4.78 is 6.12. The van der Waals surface area contributed by atoms with Crippen LogP contribution in [-0.4, -0.2) is 12.2 Å². The lowest BCUT2D eigenvalue weighted by Gasteiger charge is -2.12. The van der Waals surface area contributed by atoms with Crippen molar-refractivity contribution in [2.24, 2.45) is 0 Å². The number of aliphatic hydroxyl groups excluding tert-OH is 1. The molecule has 0 heterocycles.